The van der Waals surface area contributed by atoms with Gasteiger partial charge in [-0.15, -0.1) is 0 Å². The van der Waals surface area contributed by atoms with E-state index in [2.05, 4.69) is 56.5 Å². The monoisotopic (exact) mass is 262 g/mol. The second-order valence-corrected chi connectivity index (χ2v) is 5.51. The highest BCUT2D eigenvalue weighted by Crippen LogP contribution is 2.13. The SMILES string of the molecule is Cc1ccc(NCCC(=O)NCCC(C)C)cc1C. The lowest BCUT2D eigenvalue weighted by atomic mass is 10.1. The fraction of sp³-hybridized carbons (Fsp3) is 0.562. The van der Waals surface area contributed by atoms with E-state index in [1.807, 2.05) is 0 Å². The van der Waals surface area contributed by atoms with Crippen LogP contribution in [-0.4, -0.2) is 19.0 Å². The standard InChI is InChI=1S/C16H26N2O/c1-12(2)7-9-18-16(19)8-10-17-15-6-5-13(3)14(4)11-15/h5-6,11-12,17H,7-10H2,1-4H3,(H,18,19). The second-order valence-electron chi connectivity index (χ2n) is 5.51. The van der Waals surface area contributed by atoms with Gasteiger partial charge in [0.05, 0.1) is 0 Å². The fourth-order valence-corrected chi connectivity index (χ4v) is 1.76. The number of anilines is 1. The van der Waals surface area contributed by atoms with Gasteiger partial charge in [0, 0.05) is 25.2 Å². The van der Waals surface area contributed by atoms with Crippen LogP contribution >= 0.6 is 0 Å². The lowest BCUT2D eigenvalue weighted by molar-refractivity contribution is -0.120. The van der Waals surface area contributed by atoms with E-state index in [1.54, 1.807) is 0 Å². The number of nitrogens with one attached hydrogen (secondary N) is 2. The molecule has 1 amide bonds. The zero-order valence-electron chi connectivity index (χ0n) is 12.5. The number of hydrogen-bond acceptors (Lipinski definition) is 2. The molecule has 1 rings (SSSR count). The highest BCUT2D eigenvalue weighted by Gasteiger charge is 2.02. The van der Waals surface area contributed by atoms with E-state index in [4.69, 9.17) is 0 Å². The van der Waals surface area contributed by atoms with E-state index in [1.165, 1.54) is 11.1 Å². The van der Waals surface area contributed by atoms with Crippen molar-refractivity contribution in [3.8, 4) is 0 Å². The Bertz CT molecular complexity index is 413. The van der Waals surface area contributed by atoms with Gasteiger partial charge in [0.15, 0.2) is 0 Å². The Hall–Kier alpha value is -1.51. The van der Waals surface area contributed by atoms with Crippen molar-refractivity contribution in [1.29, 1.82) is 0 Å². The summed E-state index contributed by atoms with van der Waals surface area (Å²) in [5.74, 6) is 0.756. The fourth-order valence-electron chi connectivity index (χ4n) is 1.76. The Balaban J connectivity index is 2.22. The average Bonchev–Trinajstić information content (AvgIpc) is 2.33. The maximum atomic E-state index is 11.6. The topological polar surface area (TPSA) is 41.1 Å². The lowest BCUT2D eigenvalue weighted by Crippen LogP contribution is -2.27. The Morgan fingerprint density at radius 3 is 2.53 bits per heavy atom. The predicted molar refractivity (Wildman–Crippen MR) is 81.5 cm³/mol. The van der Waals surface area contributed by atoms with Crippen LogP contribution in [0.2, 0.25) is 0 Å². The molecule has 19 heavy (non-hydrogen) atoms. The van der Waals surface area contributed by atoms with Gasteiger partial charge in [-0.05, 0) is 49.4 Å². The van der Waals surface area contributed by atoms with E-state index in [0.29, 0.717) is 18.9 Å². The van der Waals surface area contributed by atoms with Gasteiger partial charge >= 0.3 is 0 Å². The molecule has 3 heteroatoms. The number of carbonyl (C=O) groups is 1. The second kappa shape index (κ2) is 7.82. The molecule has 0 aliphatic heterocycles. The zero-order valence-corrected chi connectivity index (χ0v) is 12.5. The van der Waals surface area contributed by atoms with Crippen molar-refractivity contribution in [1.82, 2.24) is 5.32 Å². The maximum Gasteiger partial charge on any atom is 0.221 e. The molecule has 0 saturated carbocycles. The van der Waals surface area contributed by atoms with Gasteiger partial charge in [-0.3, -0.25) is 4.79 Å². The summed E-state index contributed by atoms with van der Waals surface area (Å²) in [6, 6.07) is 6.27. The Morgan fingerprint density at radius 1 is 1.16 bits per heavy atom. The van der Waals surface area contributed by atoms with Crippen LogP contribution in [0.15, 0.2) is 18.2 Å². The third kappa shape index (κ3) is 6.27. The van der Waals surface area contributed by atoms with Gasteiger partial charge in [0.25, 0.3) is 0 Å². The first-order valence-electron chi connectivity index (χ1n) is 7.07. The first-order valence-corrected chi connectivity index (χ1v) is 7.07. The minimum absolute atomic E-state index is 0.122. The quantitative estimate of drug-likeness (QED) is 0.792. The Morgan fingerprint density at radius 2 is 1.89 bits per heavy atom. The molecule has 1 aromatic carbocycles. The predicted octanol–water partition coefficient (Wildman–Crippen LogP) is 3.27. The number of rotatable bonds is 7. The van der Waals surface area contributed by atoms with Crippen LogP contribution in [0.3, 0.4) is 0 Å². The highest BCUT2D eigenvalue weighted by molar-refractivity contribution is 5.76. The molecule has 0 atom stereocenters. The molecule has 0 aliphatic carbocycles. The van der Waals surface area contributed by atoms with Crippen LogP contribution < -0.4 is 10.6 Å². The molecule has 0 saturated heterocycles. The number of amides is 1. The molecule has 0 heterocycles. The summed E-state index contributed by atoms with van der Waals surface area (Å²) in [4.78, 5) is 11.6. The highest BCUT2D eigenvalue weighted by atomic mass is 16.1. The number of carbonyl (C=O) groups excluding carboxylic acids is 1. The lowest BCUT2D eigenvalue weighted by Gasteiger charge is -2.10. The molecule has 0 fully saturated rings. The van der Waals surface area contributed by atoms with Gasteiger partial charge < -0.3 is 10.6 Å². The Kier molecular flexibility index (Phi) is 6.40. The van der Waals surface area contributed by atoms with Crippen LogP contribution in [-0.2, 0) is 4.79 Å². The van der Waals surface area contributed by atoms with Gasteiger partial charge in [0.1, 0.15) is 0 Å². The van der Waals surface area contributed by atoms with Gasteiger partial charge in [-0.2, -0.15) is 0 Å². The van der Waals surface area contributed by atoms with Crippen LogP contribution in [0.5, 0.6) is 0 Å². The van der Waals surface area contributed by atoms with Gasteiger partial charge in [0.2, 0.25) is 5.91 Å². The molecule has 0 bridgehead atoms. The smallest absolute Gasteiger partial charge is 0.221 e. The van der Waals surface area contributed by atoms with Crippen molar-refractivity contribution in [2.24, 2.45) is 5.92 Å². The first kappa shape index (κ1) is 15.5. The summed E-state index contributed by atoms with van der Waals surface area (Å²) in [5.41, 5.74) is 3.64. The Labute approximate surface area is 116 Å². The summed E-state index contributed by atoms with van der Waals surface area (Å²) < 4.78 is 0. The summed E-state index contributed by atoms with van der Waals surface area (Å²) in [5, 5.41) is 6.22. The van der Waals surface area contributed by atoms with E-state index >= 15 is 0 Å². The van der Waals surface area contributed by atoms with Crippen molar-refractivity contribution in [3.63, 3.8) is 0 Å². The molecule has 1 aromatic rings. The first-order chi connectivity index (χ1) is 8.99. The van der Waals surface area contributed by atoms with E-state index in [0.717, 1.165) is 18.7 Å². The molecular formula is C16H26N2O. The minimum Gasteiger partial charge on any atom is -0.385 e. The molecule has 0 aromatic heterocycles. The molecule has 2 N–H and O–H groups in total. The van der Waals surface area contributed by atoms with Crippen LogP contribution in [0.1, 0.15) is 37.8 Å². The van der Waals surface area contributed by atoms with E-state index < -0.39 is 0 Å². The van der Waals surface area contributed by atoms with Crippen LogP contribution in [0.25, 0.3) is 0 Å². The maximum absolute atomic E-state index is 11.6. The largest absolute Gasteiger partial charge is 0.385 e. The van der Waals surface area contributed by atoms with Crippen LogP contribution in [0, 0.1) is 19.8 Å². The van der Waals surface area contributed by atoms with Crippen LogP contribution in [0.4, 0.5) is 5.69 Å². The van der Waals surface area contributed by atoms with Gasteiger partial charge in [-0.1, -0.05) is 19.9 Å². The van der Waals surface area contributed by atoms with Crippen molar-refractivity contribution in [2.75, 3.05) is 18.4 Å². The van der Waals surface area contributed by atoms with Crippen molar-refractivity contribution in [2.45, 2.75) is 40.5 Å². The molecule has 3 nitrogen and oxygen atoms in total. The average molecular weight is 262 g/mol. The third-order valence-electron chi connectivity index (χ3n) is 3.23. The summed E-state index contributed by atoms with van der Waals surface area (Å²) in [6.07, 6.45) is 1.56. The molecule has 0 aliphatic rings. The third-order valence-corrected chi connectivity index (χ3v) is 3.23. The summed E-state index contributed by atoms with van der Waals surface area (Å²) in [7, 11) is 0. The van der Waals surface area contributed by atoms with E-state index in [9.17, 15) is 4.79 Å². The molecule has 106 valence electrons. The van der Waals surface area contributed by atoms with Crippen molar-refractivity contribution < 1.29 is 4.79 Å². The molecule has 0 unspecified atom stereocenters. The number of hydrogen-bond donors (Lipinski definition) is 2. The molecule has 0 spiro atoms. The number of benzene rings is 1. The zero-order chi connectivity index (χ0) is 14.3. The van der Waals surface area contributed by atoms with E-state index in [-0.39, 0.29) is 5.91 Å². The molecular weight excluding hydrogens is 236 g/mol. The number of aryl methyl sites for hydroxylation is 2. The van der Waals surface area contributed by atoms with Gasteiger partial charge in [-0.25, -0.2) is 0 Å². The molecule has 0 radical (unpaired) electrons. The summed E-state index contributed by atoms with van der Waals surface area (Å²) in [6.45, 7) is 9.97. The van der Waals surface area contributed by atoms with Crippen molar-refractivity contribution in [3.05, 3.63) is 29.3 Å². The minimum atomic E-state index is 0.122. The summed E-state index contributed by atoms with van der Waals surface area (Å²) >= 11 is 0. The normalized spacial score (nSPS) is 10.6. The van der Waals surface area contributed by atoms with Crippen molar-refractivity contribution >= 4 is 11.6 Å².